The lowest BCUT2D eigenvalue weighted by Gasteiger charge is -2.64. The van der Waals surface area contributed by atoms with Gasteiger partial charge in [0.1, 0.15) is 0 Å². The van der Waals surface area contributed by atoms with Crippen LogP contribution in [0.4, 0.5) is 0 Å². The van der Waals surface area contributed by atoms with Gasteiger partial charge in [0, 0.05) is 30.0 Å². The molecule has 0 amide bonds. The fourth-order valence-corrected chi connectivity index (χ4v) is 3.85. The number of rotatable bonds is 2. The van der Waals surface area contributed by atoms with Gasteiger partial charge in [-0.25, -0.2) is 0 Å². The van der Waals surface area contributed by atoms with Gasteiger partial charge in [0.15, 0.2) is 0 Å². The summed E-state index contributed by atoms with van der Waals surface area (Å²) >= 11 is 0. The Bertz CT molecular complexity index is 234. The monoisotopic (exact) mass is 195 g/mol. The van der Waals surface area contributed by atoms with Crippen molar-refractivity contribution in [1.82, 2.24) is 5.32 Å². The van der Waals surface area contributed by atoms with Gasteiger partial charge in [0.2, 0.25) is 0 Å². The summed E-state index contributed by atoms with van der Waals surface area (Å²) in [6.07, 6.45) is 6.13. The number of hydrogen-bond acceptors (Lipinski definition) is 2. The van der Waals surface area contributed by atoms with Gasteiger partial charge >= 0.3 is 0 Å². The highest BCUT2D eigenvalue weighted by Crippen LogP contribution is 2.62. The molecule has 2 nitrogen and oxygen atoms in total. The highest BCUT2D eigenvalue weighted by atomic mass is 16.5. The third-order valence-electron chi connectivity index (χ3n) is 4.55. The smallest absolute Gasteiger partial charge is 0.0690 e. The van der Waals surface area contributed by atoms with E-state index in [2.05, 4.69) is 19.2 Å². The predicted molar refractivity (Wildman–Crippen MR) is 56.2 cm³/mol. The molecule has 0 aromatic heterocycles. The molecule has 0 aromatic rings. The fraction of sp³-hybridized carbons (Fsp3) is 1.00. The molecule has 3 fully saturated rings. The maximum Gasteiger partial charge on any atom is 0.0690 e. The van der Waals surface area contributed by atoms with Crippen LogP contribution in [0.3, 0.4) is 0 Å². The first-order chi connectivity index (χ1) is 6.74. The van der Waals surface area contributed by atoms with E-state index >= 15 is 0 Å². The Hall–Kier alpha value is -0.0800. The first-order valence-electron chi connectivity index (χ1n) is 6.12. The van der Waals surface area contributed by atoms with Gasteiger partial charge in [0.25, 0.3) is 0 Å². The van der Waals surface area contributed by atoms with Crippen molar-refractivity contribution in [1.29, 1.82) is 0 Å². The molecule has 1 heterocycles. The lowest BCUT2D eigenvalue weighted by Crippen LogP contribution is -2.71. The molecular weight excluding hydrogens is 174 g/mol. The van der Waals surface area contributed by atoms with Crippen molar-refractivity contribution in [3.63, 3.8) is 0 Å². The van der Waals surface area contributed by atoms with Crippen LogP contribution < -0.4 is 5.32 Å². The van der Waals surface area contributed by atoms with Crippen LogP contribution >= 0.6 is 0 Å². The first kappa shape index (κ1) is 9.17. The lowest BCUT2D eigenvalue weighted by atomic mass is 9.46. The summed E-state index contributed by atoms with van der Waals surface area (Å²) in [6.45, 7) is 5.53. The fourth-order valence-electron chi connectivity index (χ4n) is 3.85. The summed E-state index contributed by atoms with van der Waals surface area (Å²) in [6, 6.07) is 1.39. The Labute approximate surface area is 86.4 Å². The Balaban J connectivity index is 1.75. The van der Waals surface area contributed by atoms with Gasteiger partial charge in [-0.15, -0.1) is 0 Å². The Morgan fingerprint density at radius 3 is 2.71 bits per heavy atom. The van der Waals surface area contributed by atoms with E-state index in [9.17, 15) is 0 Å². The molecule has 3 rings (SSSR count). The SMILES string of the molecule is CC(C)NC1C2CCOC2C12CCC2. The van der Waals surface area contributed by atoms with Crippen molar-refractivity contribution in [2.45, 2.75) is 57.7 Å². The van der Waals surface area contributed by atoms with E-state index in [1.54, 1.807) is 0 Å². The van der Waals surface area contributed by atoms with Crippen molar-refractivity contribution in [3.8, 4) is 0 Å². The minimum absolute atomic E-state index is 0.561. The summed E-state index contributed by atoms with van der Waals surface area (Å²) in [5.74, 6) is 0.831. The molecule has 2 heteroatoms. The van der Waals surface area contributed by atoms with E-state index in [1.165, 1.54) is 25.7 Å². The Morgan fingerprint density at radius 1 is 1.36 bits per heavy atom. The Morgan fingerprint density at radius 2 is 2.14 bits per heavy atom. The van der Waals surface area contributed by atoms with Gasteiger partial charge < -0.3 is 10.1 Å². The molecular formula is C12H21NO. The normalized spacial score (nSPS) is 43.5. The van der Waals surface area contributed by atoms with Gasteiger partial charge in [-0.2, -0.15) is 0 Å². The lowest BCUT2D eigenvalue weighted by molar-refractivity contribution is -0.177. The molecule has 0 radical (unpaired) electrons. The molecule has 1 spiro atoms. The highest BCUT2D eigenvalue weighted by Gasteiger charge is 2.66. The van der Waals surface area contributed by atoms with Crippen LogP contribution in [0.1, 0.15) is 39.5 Å². The van der Waals surface area contributed by atoms with Crippen LogP contribution in [0.5, 0.6) is 0 Å². The van der Waals surface area contributed by atoms with E-state index in [0.29, 0.717) is 17.6 Å². The zero-order valence-corrected chi connectivity index (χ0v) is 9.25. The van der Waals surface area contributed by atoms with Gasteiger partial charge in [-0.1, -0.05) is 20.3 Å². The average Bonchev–Trinajstić information content (AvgIpc) is 2.43. The number of fused-ring (bicyclic) bond motifs is 2. The van der Waals surface area contributed by atoms with E-state index in [-0.39, 0.29) is 0 Å². The number of ether oxygens (including phenoxy) is 1. The zero-order chi connectivity index (χ0) is 9.76. The number of nitrogens with one attached hydrogen (secondary N) is 1. The zero-order valence-electron chi connectivity index (χ0n) is 9.25. The standard InChI is InChI=1S/C12H21NO/c1-8(2)13-10-9-4-7-14-11(9)12(10)5-3-6-12/h8-11,13H,3-7H2,1-2H3. The third kappa shape index (κ3) is 0.989. The molecule has 0 aromatic carbocycles. The first-order valence-corrected chi connectivity index (χ1v) is 6.12. The van der Waals surface area contributed by atoms with Crippen molar-refractivity contribution in [2.75, 3.05) is 6.61 Å². The minimum Gasteiger partial charge on any atom is -0.377 e. The van der Waals surface area contributed by atoms with Crippen molar-refractivity contribution in [2.24, 2.45) is 11.3 Å². The second-order valence-electron chi connectivity index (χ2n) is 5.63. The van der Waals surface area contributed by atoms with E-state index in [0.717, 1.165) is 18.6 Å². The molecule has 2 aliphatic carbocycles. The van der Waals surface area contributed by atoms with Crippen molar-refractivity contribution >= 4 is 0 Å². The van der Waals surface area contributed by atoms with Crippen molar-refractivity contribution in [3.05, 3.63) is 0 Å². The van der Waals surface area contributed by atoms with Gasteiger partial charge in [-0.05, 0) is 19.3 Å². The van der Waals surface area contributed by atoms with Crippen LogP contribution in [-0.2, 0) is 4.74 Å². The maximum atomic E-state index is 5.88. The molecule has 1 N–H and O–H groups in total. The van der Waals surface area contributed by atoms with E-state index in [4.69, 9.17) is 4.74 Å². The summed E-state index contributed by atoms with van der Waals surface area (Å²) in [5, 5.41) is 3.76. The molecule has 3 unspecified atom stereocenters. The molecule has 3 aliphatic rings. The number of hydrogen-bond donors (Lipinski definition) is 1. The second kappa shape index (κ2) is 2.96. The molecule has 1 aliphatic heterocycles. The second-order valence-corrected chi connectivity index (χ2v) is 5.63. The predicted octanol–water partition coefficient (Wildman–Crippen LogP) is 1.94. The topological polar surface area (TPSA) is 21.3 Å². The average molecular weight is 195 g/mol. The summed E-state index contributed by atoms with van der Waals surface area (Å²) in [7, 11) is 0. The largest absolute Gasteiger partial charge is 0.377 e. The van der Waals surface area contributed by atoms with Crippen LogP contribution in [0, 0.1) is 11.3 Å². The third-order valence-corrected chi connectivity index (χ3v) is 4.55. The van der Waals surface area contributed by atoms with E-state index in [1.807, 2.05) is 0 Å². The summed E-state index contributed by atoms with van der Waals surface area (Å²) < 4.78 is 5.88. The minimum atomic E-state index is 0.561. The van der Waals surface area contributed by atoms with Crippen LogP contribution in [0.25, 0.3) is 0 Å². The maximum absolute atomic E-state index is 5.88. The molecule has 3 atom stereocenters. The van der Waals surface area contributed by atoms with Crippen molar-refractivity contribution < 1.29 is 4.74 Å². The van der Waals surface area contributed by atoms with Crippen LogP contribution in [0.2, 0.25) is 0 Å². The molecule has 1 saturated heterocycles. The summed E-state index contributed by atoms with van der Waals surface area (Å²) in [4.78, 5) is 0. The van der Waals surface area contributed by atoms with Gasteiger partial charge in [0.05, 0.1) is 6.10 Å². The van der Waals surface area contributed by atoms with Gasteiger partial charge in [-0.3, -0.25) is 0 Å². The van der Waals surface area contributed by atoms with Crippen LogP contribution in [0.15, 0.2) is 0 Å². The van der Waals surface area contributed by atoms with E-state index < -0.39 is 0 Å². The molecule has 2 saturated carbocycles. The molecule has 14 heavy (non-hydrogen) atoms. The highest BCUT2D eigenvalue weighted by molar-refractivity contribution is 5.18. The Kier molecular flexibility index (Phi) is 1.94. The molecule has 0 bridgehead atoms. The van der Waals surface area contributed by atoms with Crippen LogP contribution in [-0.4, -0.2) is 24.8 Å². The molecule has 80 valence electrons. The summed E-state index contributed by atoms with van der Waals surface area (Å²) in [5.41, 5.74) is 0.561. The quantitative estimate of drug-likeness (QED) is 0.727.